The van der Waals surface area contributed by atoms with Gasteiger partial charge in [-0.1, -0.05) is 24.3 Å². The van der Waals surface area contributed by atoms with Crippen LogP contribution in [0.2, 0.25) is 0 Å². The van der Waals surface area contributed by atoms with Crippen molar-refractivity contribution in [2.45, 2.75) is 38.1 Å². The van der Waals surface area contributed by atoms with Gasteiger partial charge >= 0.3 is 6.18 Å². The van der Waals surface area contributed by atoms with E-state index in [1.807, 2.05) is 31.2 Å². The molecule has 11 heteroatoms. The number of carbonyl (C=O) groups excluding carboxylic acids is 1. The number of nitrogens with zero attached hydrogens (tertiary/aromatic N) is 4. The molecule has 2 N–H and O–H groups in total. The van der Waals surface area contributed by atoms with Gasteiger partial charge in [-0.25, -0.2) is 4.68 Å². The average Bonchev–Trinajstić information content (AvgIpc) is 3.55. The van der Waals surface area contributed by atoms with E-state index in [1.165, 1.54) is 6.26 Å². The van der Waals surface area contributed by atoms with Gasteiger partial charge in [-0.05, 0) is 30.2 Å². The topological polar surface area (TPSA) is 89.9 Å². The van der Waals surface area contributed by atoms with Crippen LogP contribution in [0, 0.1) is 6.92 Å². The molecule has 1 aliphatic heterocycles. The van der Waals surface area contributed by atoms with Crippen molar-refractivity contribution in [1.29, 1.82) is 0 Å². The third-order valence-corrected chi connectivity index (χ3v) is 5.85. The van der Waals surface area contributed by atoms with Crippen molar-refractivity contribution in [3.8, 4) is 0 Å². The van der Waals surface area contributed by atoms with E-state index in [-0.39, 0.29) is 23.6 Å². The summed E-state index contributed by atoms with van der Waals surface area (Å²) in [7, 11) is 0. The van der Waals surface area contributed by atoms with E-state index in [0.717, 1.165) is 22.0 Å². The SMILES string of the molecule is Cc1ccccc1Cn1ccc(NC(=O)c2cnn3c2NC(c2ccco2)CC3C(F)(F)F)n1. The quantitative estimate of drug-likeness (QED) is 0.431. The molecular formula is C23H21F3N6O2. The number of fused-ring (bicyclic) bond motifs is 1. The molecule has 1 aliphatic rings. The lowest BCUT2D eigenvalue weighted by molar-refractivity contribution is -0.174. The molecule has 0 bridgehead atoms. The van der Waals surface area contributed by atoms with Crippen molar-refractivity contribution >= 4 is 17.5 Å². The summed E-state index contributed by atoms with van der Waals surface area (Å²) >= 11 is 0. The van der Waals surface area contributed by atoms with E-state index < -0.39 is 24.2 Å². The van der Waals surface area contributed by atoms with Gasteiger partial charge < -0.3 is 15.1 Å². The van der Waals surface area contributed by atoms with Gasteiger partial charge in [-0.3, -0.25) is 9.48 Å². The molecule has 0 saturated heterocycles. The third kappa shape index (κ3) is 4.16. The van der Waals surface area contributed by atoms with Gasteiger partial charge in [0.15, 0.2) is 11.9 Å². The summed E-state index contributed by atoms with van der Waals surface area (Å²) in [5.41, 5.74) is 2.19. The molecule has 5 rings (SSSR count). The largest absolute Gasteiger partial charge is 0.467 e. The summed E-state index contributed by atoms with van der Waals surface area (Å²) in [6.07, 6.45) is -0.607. The van der Waals surface area contributed by atoms with Gasteiger partial charge in [-0.2, -0.15) is 23.4 Å². The Labute approximate surface area is 192 Å². The molecule has 4 aromatic rings. The van der Waals surface area contributed by atoms with Crippen LogP contribution >= 0.6 is 0 Å². The molecule has 0 radical (unpaired) electrons. The number of aryl methyl sites for hydroxylation is 1. The number of anilines is 2. The van der Waals surface area contributed by atoms with Gasteiger partial charge in [0.05, 0.1) is 25.0 Å². The number of hydrogen-bond acceptors (Lipinski definition) is 5. The molecule has 0 fully saturated rings. The van der Waals surface area contributed by atoms with E-state index in [1.54, 1.807) is 29.1 Å². The lowest BCUT2D eigenvalue weighted by atomic mass is 10.0. The summed E-state index contributed by atoms with van der Waals surface area (Å²) in [5.74, 6) is -0.00460. The molecule has 0 aliphatic carbocycles. The monoisotopic (exact) mass is 470 g/mol. The minimum absolute atomic E-state index is 0.0149. The number of rotatable bonds is 5. The van der Waals surface area contributed by atoms with E-state index in [2.05, 4.69) is 20.8 Å². The predicted octanol–water partition coefficient (Wildman–Crippen LogP) is 4.94. The smallest absolute Gasteiger partial charge is 0.410 e. The van der Waals surface area contributed by atoms with Crippen LogP contribution in [0.25, 0.3) is 0 Å². The molecule has 2 unspecified atom stereocenters. The van der Waals surface area contributed by atoms with Gasteiger partial charge in [0.1, 0.15) is 17.1 Å². The third-order valence-electron chi connectivity index (χ3n) is 5.85. The zero-order valence-corrected chi connectivity index (χ0v) is 18.1. The molecular weight excluding hydrogens is 449 g/mol. The fourth-order valence-corrected chi connectivity index (χ4v) is 4.07. The van der Waals surface area contributed by atoms with E-state index in [4.69, 9.17) is 4.42 Å². The molecule has 1 amide bonds. The van der Waals surface area contributed by atoms with Crippen LogP contribution in [0.15, 0.2) is 65.5 Å². The number of hydrogen-bond donors (Lipinski definition) is 2. The van der Waals surface area contributed by atoms with Crippen LogP contribution in [-0.4, -0.2) is 31.6 Å². The zero-order chi connectivity index (χ0) is 23.9. The Morgan fingerprint density at radius 1 is 1.24 bits per heavy atom. The van der Waals surface area contributed by atoms with Gasteiger partial charge in [-0.15, -0.1) is 0 Å². The highest BCUT2D eigenvalue weighted by Crippen LogP contribution is 2.44. The van der Waals surface area contributed by atoms with Crippen LogP contribution in [0.3, 0.4) is 0 Å². The number of carbonyl (C=O) groups is 1. The molecule has 1 aromatic carbocycles. The molecule has 3 aromatic heterocycles. The van der Waals surface area contributed by atoms with E-state index in [9.17, 15) is 18.0 Å². The van der Waals surface area contributed by atoms with Crippen molar-refractivity contribution in [2.24, 2.45) is 0 Å². The Morgan fingerprint density at radius 3 is 2.79 bits per heavy atom. The Morgan fingerprint density at radius 2 is 2.06 bits per heavy atom. The number of alkyl halides is 3. The first-order chi connectivity index (χ1) is 16.3. The Balaban J connectivity index is 1.37. The second-order valence-electron chi connectivity index (χ2n) is 8.14. The number of halogens is 3. The van der Waals surface area contributed by atoms with Crippen molar-refractivity contribution in [2.75, 3.05) is 10.6 Å². The van der Waals surface area contributed by atoms with Gasteiger partial charge in [0.25, 0.3) is 5.91 Å². The molecule has 8 nitrogen and oxygen atoms in total. The average molecular weight is 470 g/mol. The van der Waals surface area contributed by atoms with Crippen LogP contribution in [-0.2, 0) is 6.54 Å². The number of nitrogens with one attached hydrogen (secondary N) is 2. The van der Waals surface area contributed by atoms with Crippen molar-refractivity contribution in [3.63, 3.8) is 0 Å². The zero-order valence-electron chi connectivity index (χ0n) is 18.1. The first-order valence-electron chi connectivity index (χ1n) is 10.6. The Bertz CT molecular complexity index is 1310. The van der Waals surface area contributed by atoms with Crippen LogP contribution < -0.4 is 10.6 Å². The first kappa shape index (κ1) is 21.8. The number of amides is 1. The van der Waals surface area contributed by atoms with Gasteiger partial charge in [0, 0.05) is 18.7 Å². The molecule has 0 spiro atoms. The Kier molecular flexibility index (Phi) is 5.39. The molecule has 0 saturated carbocycles. The lowest BCUT2D eigenvalue weighted by Crippen LogP contribution is -2.36. The standard InChI is InChI=1S/C23H21F3N6O2/c1-14-5-2-3-6-15(14)13-31-9-8-20(30-31)29-22(33)16-12-27-32-19(23(24,25)26)11-17(28-21(16)32)18-7-4-10-34-18/h2-10,12,17,19,28H,11,13H2,1H3,(H,29,30,33). The van der Waals surface area contributed by atoms with Gasteiger partial charge in [0.2, 0.25) is 0 Å². The van der Waals surface area contributed by atoms with Crippen LogP contribution in [0.1, 0.15) is 45.7 Å². The number of furan rings is 1. The van der Waals surface area contributed by atoms with E-state index >= 15 is 0 Å². The highest BCUT2D eigenvalue weighted by Gasteiger charge is 2.47. The lowest BCUT2D eigenvalue weighted by Gasteiger charge is -2.32. The predicted molar refractivity (Wildman–Crippen MR) is 117 cm³/mol. The van der Waals surface area contributed by atoms with Crippen LogP contribution in [0.5, 0.6) is 0 Å². The summed E-state index contributed by atoms with van der Waals surface area (Å²) in [5, 5.41) is 13.9. The van der Waals surface area contributed by atoms with Crippen molar-refractivity contribution in [1.82, 2.24) is 19.6 Å². The second-order valence-corrected chi connectivity index (χ2v) is 8.14. The summed E-state index contributed by atoms with van der Waals surface area (Å²) in [4.78, 5) is 13.0. The molecule has 34 heavy (non-hydrogen) atoms. The number of aromatic nitrogens is 4. The fraction of sp³-hybridized carbons (Fsp3) is 0.261. The maximum absolute atomic E-state index is 13.8. The van der Waals surface area contributed by atoms with Crippen LogP contribution in [0.4, 0.5) is 24.8 Å². The Hall–Kier alpha value is -4.02. The summed E-state index contributed by atoms with van der Waals surface area (Å²) < 4.78 is 49.1. The normalized spacial score (nSPS) is 17.8. The summed E-state index contributed by atoms with van der Waals surface area (Å²) in [6.45, 7) is 2.52. The number of benzene rings is 1. The molecule has 2 atom stereocenters. The summed E-state index contributed by atoms with van der Waals surface area (Å²) in [6, 6.07) is 10.1. The van der Waals surface area contributed by atoms with Crippen molar-refractivity contribution in [3.05, 3.63) is 83.6 Å². The highest BCUT2D eigenvalue weighted by molar-refractivity contribution is 6.07. The first-order valence-corrected chi connectivity index (χ1v) is 10.6. The molecule has 176 valence electrons. The maximum atomic E-state index is 13.8. The van der Waals surface area contributed by atoms with E-state index in [0.29, 0.717) is 12.3 Å². The minimum Gasteiger partial charge on any atom is -0.467 e. The minimum atomic E-state index is -4.55. The maximum Gasteiger partial charge on any atom is 0.410 e. The second kappa shape index (κ2) is 8.40. The molecule has 4 heterocycles. The highest BCUT2D eigenvalue weighted by atomic mass is 19.4. The fourth-order valence-electron chi connectivity index (χ4n) is 4.07. The van der Waals surface area contributed by atoms with Crippen molar-refractivity contribution < 1.29 is 22.4 Å².